The summed E-state index contributed by atoms with van der Waals surface area (Å²) in [6.07, 6.45) is 2.01. The second kappa shape index (κ2) is 7.48. The second-order valence-electron chi connectivity index (χ2n) is 4.94. The highest BCUT2D eigenvalue weighted by atomic mass is 79.9. The minimum Gasteiger partial charge on any atom is -0.352 e. The second-order valence-corrected chi connectivity index (χ2v) is 6.72. The molecular formula is C17H14BrN3OS. The molecule has 0 saturated carbocycles. The predicted molar refractivity (Wildman–Crippen MR) is 95.0 cm³/mol. The van der Waals surface area contributed by atoms with Crippen molar-refractivity contribution in [1.82, 2.24) is 15.3 Å². The topological polar surface area (TPSA) is 54.9 Å². The van der Waals surface area contributed by atoms with E-state index in [4.69, 9.17) is 0 Å². The molecule has 1 aromatic carbocycles. The summed E-state index contributed by atoms with van der Waals surface area (Å²) in [4.78, 5) is 20.8. The largest absolute Gasteiger partial charge is 0.352 e. The zero-order chi connectivity index (χ0) is 16.1. The first kappa shape index (κ1) is 15.8. The van der Waals surface area contributed by atoms with E-state index in [0.29, 0.717) is 6.54 Å². The highest BCUT2D eigenvalue weighted by Gasteiger charge is 2.09. The molecule has 0 spiro atoms. The summed E-state index contributed by atoms with van der Waals surface area (Å²) in [6, 6.07) is 13.6. The van der Waals surface area contributed by atoms with Crippen molar-refractivity contribution < 1.29 is 4.79 Å². The molecule has 0 saturated heterocycles. The molecule has 0 fully saturated rings. The molecule has 2 aromatic heterocycles. The number of amides is 1. The maximum Gasteiger partial charge on any atom is 0.226 e. The van der Waals surface area contributed by atoms with Gasteiger partial charge in [0, 0.05) is 22.6 Å². The minimum absolute atomic E-state index is 0.0390. The first-order valence-electron chi connectivity index (χ1n) is 7.07. The number of pyridine rings is 1. The van der Waals surface area contributed by atoms with Crippen molar-refractivity contribution in [3.8, 4) is 10.7 Å². The van der Waals surface area contributed by atoms with Crippen molar-refractivity contribution in [3.63, 3.8) is 0 Å². The Kier molecular flexibility index (Phi) is 5.15. The first-order valence-corrected chi connectivity index (χ1v) is 8.75. The van der Waals surface area contributed by atoms with Crippen molar-refractivity contribution in [2.75, 3.05) is 0 Å². The molecule has 0 aliphatic rings. The Hall–Kier alpha value is -2.05. The molecule has 1 amide bonds. The summed E-state index contributed by atoms with van der Waals surface area (Å²) in [5.41, 5.74) is 2.65. The molecule has 3 rings (SSSR count). The lowest BCUT2D eigenvalue weighted by atomic mass is 10.2. The molecule has 0 bridgehead atoms. The van der Waals surface area contributed by atoms with Gasteiger partial charge in [0.2, 0.25) is 5.91 Å². The zero-order valence-electron chi connectivity index (χ0n) is 12.2. The summed E-state index contributed by atoms with van der Waals surface area (Å²) in [6.45, 7) is 0.509. The molecular weight excluding hydrogens is 374 g/mol. The van der Waals surface area contributed by atoms with Gasteiger partial charge >= 0.3 is 0 Å². The standard InChI is InChI=1S/C17H14BrN3OS/c18-13-5-3-4-12(8-13)10-20-16(22)9-14-11-23-17(21-14)15-6-1-2-7-19-15/h1-8,11H,9-10H2,(H,20,22). The van der Waals surface area contributed by atoms with Crippen LogP contribution < -0.4 is 5.32 Å². The fourth-order valence-electron chi connectivity index (χ4n) is 2.07. The molecule has 23 heavy (non-hydrogen) atoms. The van der Waals surface area contributed by atoms with Gasteiger partial charge in [-0.1, -0.05) is 34.1 Å². The van der Waals surface area contributed by atoms with E-state index < -0.39 is 0 Å². The maximum absolute atomic E-state index is 12.0. The molecule has 0 radical (unpaired) electrons. The highest BCUT2D eigenvalue weighted by Crippen LogP contribution is 2.21. The fourth-order valence-corrected chi connectivity index (χ4v) is 3.31. The van der Waals surface area contributed by atoms with E-state index in [-0.39, 0.29) is 12.3 Å². The van der Waals surface area contributed by atoms with Gasteiger partial charge in [0.15, 0.2) is 0 Å². The van der Waals surface area contributed by atoms with Crippen molar-refractivity contribution >= 4 is 33.2 Å². The quantitative estimate of drug-likeness (QED) is 0.723. The van der Waals surface area contributed by atoms with Crippen molar-refractivity contribution in [2.24, 2.45) is 0 Å². The normalized spacial score (nSPS) is 10.5. The molecule has 116 valence electrons. The van der Waals surface area contributed by atoms with Gasteiger partial charge in [-0.05, 0) is 29.8 Å². The molecule has 0 aliphatic heterocycles. The number of hydrogen-bond acceptors (Lipinski definition) is 4. The number of hydrogen-bond donors (Lipinski definition) is 1. The lowest BCUT2D eigenvalue weighted by molar-refractivity contribution is -0.120. The Morgan fingerprint density at radius 2 is 2.13 bits per heavy atom. The van der Waals surface area contributed by atoms with Crippen LogP contribution in [0.25, 0.3) is 10.7 Å². The average Bonchev–Trinajstić information content (AvgIpc) is 3.02. The summed E-state index contributed by atoms with van der Waals surface area (Å²) < 4.78 is 1.00. The first-order chi connectivity index (χ1) is 11.2. The van der Waals surface area contributed by atoms with E-state index in [1.54, 1.807) is 6.20 Å². The molecule has 1 N–H and O–H groups in total. The van der Waals surface area contributed by atoms with Gasteiger partial charge in [0.05, 0.1) is 17.8 Å². The van der Waals surface area contributed by atoms with E-state index in [1.807, 2.05) is 47.8 Å². The molecule has 0 unspecified atom stereocenters. The van der Waals surface area contributed by atoms with Gasteiger partial charge in [-0.25, -0.2) is 4.98 Å². The van der Waals surface area contributed by atoms with Crippen LogP contribution in [0.5, 0.6) is 0 Å². The third-order valence-corrected chi connectivity index (χ3v) is 4.56. The predicted octanol–water partition coefficient (Wildman–Crippen LogP) is 3.83. The minimum atomic E-state index is -0.0390. The van der Waals surface area contributed by atoms with Gasteiger partial charge in [-0.2, -0.15) is 0 Å². The van der Waals surface area contributed by atoms with Crippen molar-refractivity contribution in [2.45, 2.75) is 13.0 Å². The summed E-state index contributed by atoms with van der Waals surface area (Å²) >= 11 is 4.92. The van der Waals surface area contributed by atoms with Crippen molar-refractivity contribution in [1.29, 1.82) is 0 Å². The Morgan fingerprint density at radius 1 is 1.22 bits per heavy atom. The van der Waals surface area contributed by atoms with Crippen LogP contribution in [0.1, 0.15) is 11.3 Å². The van der Waals surface area contributed by atoms with E-state index in [2.05, 4.69) is 31.2 Å². The number of benzene rings is 1. The summed E-state index contributed by atoms with van der Waals surface area (Å²) in [5.74, 6) is -0.0390. The molecule has 3 aromatic rings. The maximum atomic E-state index is 12.0. The van der Waals surface area contributed by atoms with Gasteiger partial charge in [-0.3, -0.25) is 9.78 Å². The number of carbonyl (C=O) groups is 1. The Bertz CT molecular complexity index is 804. The molecule has 4 nitrogen and oxygen atoms in total. The molecule has 0 atom stereocenters. The van der Waals surface area contributed by atoms with Crippen LogP contribution >= 0.6 is 27.3 Å². The third kappa shape index (κ3) is 4.46. The van der Waals surface area contributed by atoms with Crippen molar-refractivity contribution in [3.05, 3.63) is 69.8 Å². The number of aromatic nitrogens is 2. The van der Waals surface area contributed by atoms with E-state index >= 15 is 0 Å². The SMILES string of the molecule is O=C(Cc1csc(-c2ccccn2)n1)NCc1cccc(Br)c1. The Morgan fingerprint density at radius 3 is 2.91 bits per heavy atom. The van der Waals surface area contributed by atoms with Crippen LogP contribution in [0.15, 0.2) is 58.5 Å². The van der Waals surface area contributed by atoms with E-state index in [9.17, 15) is 4.79 Å². The summed E-state index contributed by atoms with van der Waals surface area (Å²) in [7, 11) is 0. The van der Waals surface area contributed by atoms with Crippen LogP contribution in [0.2, 0.25) is 0 Å². The number of rotatable bonds is 5. The zero-order valence-corrected chi connectivity index (χ0v) is 14.6. The van der Waals surface area contributed by atoms with Gasteiger partial charge < -0.3 is 5.32 Å². The number of thiazole rings is 1. The van der Waals surface area contributed by atoms with Gasteiger partial charge in [0.25, 0.3) is 0 Å². The van der Waals surface area contributed by atoms with E-state index in [1.165, 1.54) is 11.3 Å². The van der Waals surface area contributed by atoms with Gasteiger partial charge in [-0.15, -0.1) is 11.3 Å². The lowest BCUT2D eigenvalue weighted by Crippen LogP contribution is -2.24. The third-order valence-electron chi connectivity index (χ3n) is 3.16. The van der Waals surface area contributed by atoms with Crippen LogP contribution in [-0.2, 0) is 17.8 Å². The Balaban J connectivity index is 1.57. The number of halogens is 1. The van der Waals surface area contributed by atoms with Crippen LogP contribution in [0.4, 0.5) is 0 Å². The molecule has 2 heterocycles. The van der Waals surface area contributed by atoms with Crippen LogP contribution in [-0.4, -0.2) is 15.9 Å². The van der Waals surface area contributed by atoms with Gasteiger partial charge in [0.1, 0.15) is 5.01 Å². The molecule has 6 heteroatoms. The lowest BCUT2D eigenvalue weighted by Gasteiger charge is -2.04. The van der Waals surface area contributed by atoms with Crippen LogP contribution in [0.3, 0.4) is 0 Å². The number of carbonyl (C=O) groups excluding carboxylic acids is 1. The smallest absolute Gasteiger partial charge is 0.226 e. The number of nitrogens with one attached hydrogen (secondary N) is 1. The summed E-state index contributed by atoms with van der Waals surface area (Å²) in [5, 5.41) is 5.65. The van der Waals surface area contributed by atoms with Crippen LogP contribution in [0, 0.1) is 0 Å². The monoisotopic (exact) mass is 387 g/mol. The molecule has 0 aliphatic carbocycles. The average molecular weight is 388 g/mol. The number of nitrogens with zero attached hydrogens (tertiary/aromatic N) is 2. The Labute approximate surface area is 146 Å². The fraction of sp³-hybridized carbons (Fsp3) is 0.118. The van der Waals surface area contributed by atoms with E-state index in [0.717, 1.165) is 26.4 Å². The highest BCUT2D eigenvalue weighted by molar-refractivity contribution is 9.10.